The van der Waals surface area contributed by atoms with Crippen LogP contribution in [0.5, 0.6) is 0 Å². The summed E-state index contributed by atoms with van der Waals surface area (Å²) in [5.41, 5.74) is 2.99. The summed E-state index contributed by atoms with van der Waals surface area (Å²) in [4.78, 5) is 21.3. The minimum atomic E-state index is -0.246. The van der Waals surface area contributed by atoms with Gasteiger partial charge < -0.3 is 19.5 Å². The number of carbonyl (C=O) groups excluding carboxylic acids is 1. The van der Waals surface area contributed by atoms with Crippen LogP contribution in [0, 0.1) is 0 Å². The van der Waals surface area contributed by atoms with Crippen molar-refractivity contribution < 1.29 is 9.21 Å². The van der Waals surface area contributed by atoms with Gasteiger partial charge in [0.05, 0.1) is 0 Å². The molecule has 29 heavy (non-hydrogen) atoms. The van der Waals surface area contributed by atoms with E-state index in [0.29, 0.717) is 18.2 Å². The molecule has 1 amide bonds. The molecule has 3 heterocycles. The minimum absolute atomic E-state index is 0.246. The van der Waals surface area contributed by atoms with Gasteiger partial charge in [0.1, 0.15) is 5.76 Å². The normalized spacial score (nSPS) is 16.4. The van der Waals surface area contributed by atoms with Crippen molar-refractivity contribution in [2.24, 2.45) is 0 Å². The molecule has 1 atom stereocenters. The third kappa shape index (κ3) is 4.66. The molecule has 0 spiro atoms. The summed E-state index contributed by atoms with van der Waals surface area (Å²) in [5, 5.41) is 2.91. The molecule has 1 unspecified atom stereocenters. The zero-order valence-corrected chi connectivity index (χ0v) is 16.8. The number of anilines is 2. The predicted molar refractivity (Wildman–Crippen MR) is 114 cm³/mol. The molecule has 6 heteroatoms. The average molecular weight is 390 g/mol. The lowest BCUT2D eigenvalue weighted by Crippen LogP contribution is -2.31. The predicted octanol–water partition coefficient (Wildman–Crippen LogP) is 3.66. The van der Waals surface area contributed by atoms with Crippen molar-refractivity contribution in [1.82, 2.24) is 9.88 Å². The highest BCUT2D eigenvalue weighted by Crippen LogP contribution is 2.24. The largest absolute Gasteiger partial charge is 0.456 e. The van der Waals surface area contributed by atoms with Crippen LogP contribution in [-0.4, -0.2) is 49.0 Å². The molecule has 6 nitrogen and oxygen atoms in total. The first kappa shape index (κ1) is 19.2. The molecule has 1 aromatic carbocycles. The Balaban J connectivity index is 1.35. The van der Waals surface area contributed by atoms with Gasteiger partial charge in [-0.25, -0.2) is 0 Å². The van der Waals surface area contributed by atoms with Gasteiger partial charge in [-0.05, 0) is 68.5 Å². The maximum atomic E-state index is 12.5. The van der Waals surface area contributed by atoms with Crippen molar-refractivity contribution in [3.63, 3.8) is 0 Å². The highest BCUT2D eigenvalue weighted by Gasteiger charge is 2.24. The van der Waals surface area contributed by atoms with Gasteiger partial charge in [-0.1, -0.05) is 6.07 Å². The monoisotopic (exact) mass is 390 g/mol. The molecule has 1 aliphatic heterocycles. The van der Waals surface area contributed by atoms with E-state index in [9.17, 15) is 4.79 Å². The maximum Gasteiger partial charge on any atom is 0.291 e. The molecule has 1 aliphatic rings. The SMILES string of the molecule is CN(C)C1CCN(c2ccc(NC(=O)c3ccc(Cc4cccnc4)o3)cc2)C1. The summed E-state index contributed by atoms with van der Waals surface area (Å²) in [7, 11) is 4.26. The zero-order valence-electron chi connectivity index (χ0n) is 16.8. The second kappa shape index (κ2) is 8.49. The zero-order chi connectivity index (χ0) is 20.2. The van der Waals surface area contributed by atoms with Crippen LogP contribution in [0.1, 0.15) is 28.3 Å². The van der Waals surface area contributed by atoms with Crippen LogP contribution in [0.15, 0.2) is 65.3 Å². The maximum absolute atomic E-state index is 12.5. The van der Waals surface area contributed by atoms with Gasteiger partial charge in [0, 0.05) is 49.3 Å². The van der Waals surface area contributed by atoms with E-state index in [0.717, 1.165) is 30.1 Å². The number of hydrogen-bond acceptors (Lipinski definition) is 5. The number of nitrogens with zero attached hydrogens (tertiary/aromatic N) is 3. The van der Waals surface area contributed by atoms with E-state index in [1.807, 2.05) is 30.3 Å². The Bertz CT molecular complexity index is 951. The Hall–Kier alpha value is -3.12. The van der Waals surface area contributed by atoms with Gasteiger partial charge in [-0.15, -0.1) is 0 Å². The number of amides is 1. The lowest BCUT2D eigenvalue weighted by Gasteiger charge is -2.22. The van der Waals surface area contributed by atoms with E-state index >= 15 is 0 Å². The number of aromatic nitrogens is 1. The van der Waals surface area contributed by atoms with E-state index in [1.54, 1.807) is 18.5 Å². The number of nitrogens with one attached hydrogen (secondary N) is 1. The van der Waals surface area contributed by atoms with Crippen molar-refractivity contribution in [3.05, 3.63) is 78.0 Å². The Kier molecular flexibility index (Phi) is 5.62. The molecule has 150 valence electrons. The molecule has 0 saturated carbocycles. The summed E-state index contributed by atoms with van der Waals surface area (Å²) in [6, 6.07) is 16.0. The van der Waals surface area contributed by atoms with Gasteiger partial charge in [0.25, 0.3) is 5.91 Å². The number of furan rings is 1. The first-order chi connectivity index (χ1) is 14.1. The van der Waals surface area contributed by atoms with Crippen LogP contribution in [0.3, 0.4) is 0 Å². The standard InChI is InChI=1S/C23H26N4O2/c1-26(2)20-11-13-27(16-20)19-7-5-18(6-8-19)25-23(28)22-10-9-21(29-22)14-17-4-3-12-24-15-17/h3-10,12,15,20H,11,13-14,16H2,1-2H3,(H,25,28). The average Bonchev–Trinajstić information content (AvgIpc) is 3.39. The molecule has 0 aliphatic carbocycles. The summed E-state index contributed by atoms with van der Waals surface area (Å²) < 4.78 is 5.71. The third-order valence-electron chi connectivity index (χ3n) is 5.37. The van der Waals surface area contributed by atoms with Gasteiger partial charge >= 0.3 is 0 Å². The molecule has 0 radical (unpaired) electrons. The molecule has 1 saturated heterocycles. The Labute approximate surface area is 171 Å². The summed E-state index contributed by atoms with van der Waals surface area (Å²) in [6.07, 6.45) is 5.32. The van der Waals surface area contributed by atoms with Crippen LogP contribution in [-0.2, 0) is 6.42 Å². The van der Waals surface area contributed by atoms with E-state index in [4.69, 9.17) is 4.42 Å². The Morgan fingerprint density at radius 1 is 1.21 bits per heavy atom. The van der Waals surface area contributed by atoms with Crippen molar-refractivity contribution in [2.45, 2.75) is 18.9 Å². The summed E-state index contributed by atoms with van der Waals surface area (Å²) in [5.74, 6) is 0.799. The molecule has 2 aromatic heterocycles. The number of carbonyl (C=O) groups is 1. The van der Waals surface area contributed by atoms with Crippen molar-refractivity contribution >= 4 is 17.3 Å². The van der Waals surface area contributed by atoms with Gasteiger partial charge in [0.2, 0.25) is 0 Å². The molecule has 4 rings (SSSR count). The molecule has 1 N–H and O–H groups in total. The lowest BCUT2D eigenvalue weighted by molar-refractivity contribution is 0.0995. The Morgan fingerprint density at radius 2 is 2.03 bits per heavy atom. The van der Waals surface area contributed by atoms with Crippen molar-refractivity contribution in [3.8, 4) is 0 Å². The minimum Gasteiger partial charge on any atom is -0.456 e. The van der Waals surface area contributed by atoms with Crippen molar-refractivity contribution in [2.75, 3.05) is 37.4 Å². The van der Waals surface area contributed by atoms with E-state index in [1.165, 1.54) is 12.1 Å². The second-order valence-electron chi connectivity index (χ2n) is 7.66. The van der Waals surface area contributed by atoms with Crippen LogP contribution in [0.4, 0.5) is 11.4 Å². The fourth-order valence-electron chi connectivity index (χ4n) is 3.64. The first-order valence-electron chi connectivity index (χ1n) is 9.89. The van der Waals surface area contributed by atoms with Gasteiger partial charge in [-0.2, -0.15) is 0 Å². The van der Waals surface area contributed by atoms with Crippen LogP contribution in [0.2, 0.25) is 0 Å². The molecule has 1 fully saturated rings. The number of likely N-dealkylation sites (N-methyl/N-ethyl adjacent to an activating group) is 1. The van der Waals surface area contributed by atoms with E-state index in [2.05, 4.69) is 46.3 Å². The first-order valence-corrected chi connectivity index (χ1v) is 9.89. The van der Waals surface area contributed by atoms with Gasteiger partial charge in [-0.3, -0.25) is 9.78 Å². The number of pyridine rings is 1. The third-order valence-corrected chi connectivity index (χ3v) is 5.37. The number of rotatable bonds is 6. The summed E-state index contributed by atoms with van der Waals surface area (Å²) in [6.45, 7) is 2.09. The molecular weight excluding hydrogens is 364 g/mol. The number of benzene rings is 1. The topological polar surface area (TPSA) is 61.6 Å². The molecule has 3 aromatic rings. The van der Waals surface area contributed by atoms with Crippen LogP contribution >= 0.6 is 0 Å². The fraction of sp³-hybridized carbons (Fsp3) is 0.304. The fourth-order valence-corrected chi connectivity index (χ4v) is 3.64. The second-order valence-corrected chi connectivity index (χ2v) is 7.66. The quantitative estimate of drug-likeness (QED) is 0.696. The van der Waals surface area contributed by atoms with Crippen LogP contribution in [0.25, 0.3) is 0 Å². The highest BCUT2D eigenvalue weighted by molar-refractivity contribution is 6.02. The lowest BCUT2D eigenvalue weighted by atomic mass is 10.2. The van der Waals surface area contributed by atoms with Crippen molar-refractivity contribution in [1.29, 1.82) is 0 Å². The smallest absolute Gasteiger partial charge is 0.291 e. The number of hydrogen-bond donors (Lipinski definition) is 1. The van der Waals surface area contributed by atoms with Gasteiger partial charge in [0.15, 0.2) is 5.76 Å². The molecule has 0 bridgehead atoms. The summed E-state index contributed by atoms with van der Waals surface area (Å²) >= 11 is 0. The van der Waals surface area contributed by atoms with Crippen LogP contribution < -0.4 is 10.2 Å². The molecular formula is C23H26N4O2. The highest BCUT2D eigenvalue weighted by atomic mass is 16.3. The van der Waals surface area contributed by atoms with E-state index in [-0.39, 0.29) is 5.91 Å². The Morgan fingerprint density at radius 3 is 2.72 bits per heavy atom. The van der Waals surface area contributed by atoms with E-state index < -0.39 is 0 Å².